The first-order valence-electron chi connectivity index (χ1n) is 9.39. The summed E-state index contributed by atoms with van der Waals surface area (Å²) in [6.07, 6.45) is 10.9. The average molecular weight is 361 g/mol. The highest BCUT2D eigenvalue weighted by atomic mass is 16.5. The Balaban J connectivity index is 1.30. The van der Waals surface area contributed by atoms with E-state index in [0.717, 1.165) is 16.3 Å². The molecule has 0 aliphatic heterocycles. The maximum absolute atomic E-state index is 12.0. The SMILES string of the molecule is O=C(COc1cccc2ccccc12)N/N=C/c1ccn(C2CCCC2)c1. The fourth-order valence-corrected chi connectivity index (χ4v) is 3.61. The van der Waals surface area contributed by atoms with Gasteiger partial charge in [0, 0.05) is 29.4 Å². The van der Waals surface area contributed by atoms with Gasteiger partial charge in [0.15, 0.2) is 6.61 Å². The van der Waals surface area contributed by atoms with Gasteiger partial charge in [0.25, 0.3) is 5.91 Å². The van der Waals surface area contributed by atoms with E-state index in [-0.39, 0.29) is 12.5 Å². The van der Waals surface area contributed by atoms with Crippen molar-refractivity contribution in [3.63, 3.8) is 0 Å². The quantitative estimate of drug-likeness (QED) is 0.526. The van der Waals surface area contributed by atoms with Crippen molar-refractivity contribution in [1.29, 1.82) is 0 Å². The van der Waals surface area contributed by atoms with Crippen LogP contribution >= 0.6 is 0 Å². The van der Waals surface area contributed by atoms with Crippen molar-refractivity contribution in [1.82, 2.24) is 9.99 Å². The molecule has 1 amide bonds. The van der Waals surface area contributed by atoms with Crippen LogP contribution in [0.1, 0.15) is 37.3 Å². The minimum atomic E-state index is -0.283. The predicted molar refractivity (Wildman–Crippen MR) is 107 cm³/mol. The summed E-state index contributed by atoms with van der Waals surface area (Å²) < 4.78 is 7.92. The zero-order chi connectivity index (χ0) is 18.5. The van der Waals surface area contributed by atoms with Gasteiger partial charge in [-0.05, 0) is 30.4 Å². The number of carbonyl (C=O) groups excluding carboxylic acids is 1. The van der Waals surface area contributed by atoms with E-state index in [4.69, 9.17) is 4.74 Å². The Morgan fingerprint density at radius 1 is 1.15 bits per heavy atom. The molecule has 0 radical (unpaired) electrons. The number of nitrogens with zero attached hydrogens (tertiary/aromatic N) is 2. The first-order chi connectivity index (χ1) is 13.3. The fraction of sp³-hybridized carbons (Fsp3) is 0.273. The van der Waals surface area contributed by atoms with Crippen molar-refractivity contribution in [2.75, 3.05) is 6.61 Å². The Bertz CT molecular complexity index is 950. The lowest BCUT2D eigenvalue weighted by atomic mass is 10.1. The smallest absolute Gasteiger partial charge is 0.277 e. The van der Waals surface area contributed by atoms with Gasteiger partial charge in [0.05, 0.1) is 6.21 Å². The van der Waals surface area contributed by atoms with E-state index < -0.39 is 0 Å². The van der Waals surface area contributed by atoms with Crippen LogP contribution in [-0.2, 0) is 4.79 Å². The number of hydrogen-bond donors (Lipinski definition) is 1. The minimum Gasteiger partial charge on any atom is -0.483 e. The molecule has 0 saturated heterocycles. The maximum atomic E-state index is 12.0. The number of amides is 1. The summed E-state index contributed by atoms with van der Waals surface area (Å²) in [6, 6.07) is 16.4. The molecule has 1 saturated carbocycles. The Hall–Kier alpha value is -3.08. The molecule has 1 fully saturated rings. The number of benzene rings is 2. The number of carbonyl (C=O) groups is 1. The summed E-state index contributed by atoms with van der Waals surface area (Å²) in [4.78, 5) is 12.0. The number of rotatable bonds is 6. The minimum absolute atomic E-state index is 0.0750. The van der Waals surface area contributed by atoms with Gasteiger partial charge in [-0.15, -0.1) is 0 Å². The van der Waals surface area contributed by atoms with Crippen molar-refractivity contribution in [2.45, 2.75) is 31.7 Å². The van der Waals surface area contributed by atoms with Crippen LogP contribution in [-0.4, -0.2) is 23.3 Å². The molecule has 5 heteroatoms. The molecular formula is C22H23N3O2. The average Bonchev–Trinajstić information content (AvgIpc) is 3.38. The van der Waals surface area contributed by atoms with E-state index in [0.29, 0.717) is 11.8 Å². The lowest BCUT2D eigenvalue weighted by molar-refractivity contribution is -0.123. The van der Waals surface area contributed by atoms with Gasteiger partial charge in [0.2, 0.25) is 0 Å². The maximum Gasteiger partial charge on any atom is 0.277 e. The molecule has 1 N–H and O–H groups in total. The van der Waals surface area contributed by atoms with E-state index in [1.165, 1.54) is 25.7 Å². The monoisotopic (exact) mass is 361 g/mol. The van der Waals surface area contributed by atoms with Crippen LogP contribution in [0.15, 0.2) is 66.0 Å². The van der Waals surface area contributed by atoms with E-state index >= 15 is 0 Å². The standard InChI is InChI=1S/C22H23N3O2/c26-22(16-27-21-11-5-7-18-6-1-4-10-20(18)21)24-23-14-17-12-13-25(15-17)19-8-2-3-9-19/h1,4-7,10-15,19H,2-3,8-9,16H2,(H,24,26)/b23-14+. The van der Waals surface area contributed by atoms with Crippen molar-refractivity contribution in [3.8, 4) is 5.75 Å². The molecule has 1 aromatic heterocycles. The largest absolute Gasteiger partial charge is 0.483 e. The summed E-state index contributed by atoms with van der Waals surface area (Å²) in [5.41, 5.74) is 3.51. The van der Waals surface area contributed by atoms with Gasteiger partial charge in [-0.3, -0.25) is 4.79 Å². The Labute approximate surface area is 158 Å². The molecule has 1 aliphatic rings. The summed E-state index contributed by atoms with van der Waals surface area (Å²) in [7, 11) is 0. The van der Waals surface area contributed by atoms with Crippen LogP contribution in [0.25, 0.3) is 10.8 Å². The van der Waals surface area contributed by atoms with Crippen LogP contribution in [0.4, 0.5) is 0 Å². The second-order valence-electron chi connectivity index (χ2n) is 6.89. The highest BCUT2D eigenvalue weighted by molar-refractivity contribution is 5.88. The van der Waals surface area contributed by atoms with Gasteiger partial charge >= 0.3 is 0 Å². The Kier molecular flexibility index (Phi) is 5.19. The first kappa shape index (κ1) is 17.3. The zero-order valence-corrected chi connectivity index (χ0v) is 15.2. The van der Waals surface area contributed by atoms with Gasteiger partial charge in [0.1, 0.15) is 5.75 Å². The van der Waals surface area contributed by atoms with Gasteiger partial charge < -0.3 is 9.30 Å². The molecule has 3 aromatic rings. The second-order valence-corrected chi connectivity index (χ2v) is 6.89. The van der Waals surface area contributed by atoms with E-state index in [1.54, 1.807) is 6.21 Å². The number of hydrogen-bond acceptors (Lipinski definition) is 3. The summed E-state index contributed by atoms with van der Waals surface area (Å²) in [6.45, 7) is -0.0750. The highest BCUT2D eigenvalue weighted by Gasteiger charge is 2.15. The molecule has 2 aromatic carbocycles. The highest BCUT2D eigenvalue weighted by Crippen LogP contribution is 2.29. The van der Waals surface area contributed by atoms with Crippen molar-refractivity contribution < 1.29 is 9.53 Å². The van der Waals surface area contributed by atoms with Gasteiger partial charge in [-0.1, -0.05) is 49.2 Å². The molecule has 0 unspecified atom stereocenters. The molecule has 0 atom stereocenters. The summed E-state index contributed by atoms with van der Waals surface area (Å²) in [5.74, 6) is 0.412. The number of ether oxygens (including phenoxy) is 1. The summed E-state index contributed by atoms with van der Waals surface area (Å²) in [5, 5.41) is 6.11. The first-order valence-corrected chi connectivity index (χ1v) is 9.39. The number of hydrazone groups is 1. The van der Waals surface area contributed by atoms with E-state index in [2.05, 4.69) is 27.5 Å². The number of fused-ring (bicyclic) bond motifs is 1. The molecule has 27 heavy (non-hydrogen) atoms. The van der Waals surface area contributed by atoms with Crippen molar-refractivity contribution in [2.24, 2.45) is 5.10 Å². The predicted octanol–water partition coefficient (Wildman–Crippen LogP) is 4.29. The molecule has 4 rings (SSSR count). The summed E-state index contributed by atoms with van der Waals surface area (Å²) >= 11 is 0. The molecular weight excluding hydrogens is 338 g/mol. The lowest BCUT2D eigenvalue weighted by Crippen LogP contribution is -2.24. The van der Waals surface area contributed by atoms with E-state index in [9.17, 15) is 4.79 Å². The molecule has 0 bridgehead atoms. The second kappa shape index (κ2) is 8.08. The van der Waals surface area contributed by atoms with Gasteiger partial charge in [-0.25, -0.2) is 5.43 Å². The molecule has 5 nitrogen and oxygen atoms in total. The van der Waals surface area contributed by atoms with Crippen LogP contribution in [0.3, 0.4) is 0 Å². The molecule has 0 spiro atoms. The molecule has 1 aliphatic carbocycles. The Morgan fingerprint density at radius 3 is 2.85 bits per heavy atom. The third kappa shape index (κ3) is 4.19. The van der Waals surface area contributed by atoms with E-state index in [1.807, 2.05) is 48.5 Å². The normalized spacial score (nSPS) is 14.8. The topological polar surface area (TPSA) is 55.6 Å². The fourth-order valence-electron chi connectivity index (χ4n) is 3.61. The van der Waals surface area contributed by atoms with Crippen molar-refractivity contribution in [3.05, 3.63) is 66.5 Å². The molecule has 1 heterocycles. The Morgan fingerprint density at radius 2 is 1.96 bits per heavy atom. The third-order valence-electron chi connectivity index (χ3n) is 4.99. The van der Waals surface area contributed by atoms with Crippen molar-refractivity contribution >= 4 is 22.9 Å². The number of aromatic nitrogens is 1. The lowest BCUT2D eigenvalue weighted by Gasteiger charge is -2.10. The van der Waals surface area contributed by atoms with Crippen LogP contribution in [0.5, 0.6) is 5.75 Å². The number of nitrogens with one attached hydrogen (secondary N) is 1. The zero-order valence-electron chi connectivity index (χ0n) is 15.2. The van der Waals surface area contributed by atoms with Crippen LogP contribution in [0.2, 0.25) is 0 Å². The van der Waals surface area contributed by atoms with Gasteiger partial charge in [-0.2, -0.15) is 5.10 Å². The third-order valence-corrected chi connectivity index (χ3v) is 4.99. The molecule has 138 valence electrons. The van der Waals surface area contributed by atoms with Crippen LogP contribution in [0, 0.1) is 0 Å². The van der Waals surface area contributed by atoms with Crippen LogP contribution < -0.4 is 10.2 Å².